The normalized spacial score (nSPS) is 11.7. The van der Waals surface area contributed by atoms with Crippen LogP contribution in [0.3, 0.4) is 0 Å². The van der Waals surface area contributed by atoms with Crippen molar-refractivity contribution in [3.63, 3.8) is 0 Å². The molecule has 0 spiro atoms. The van der Waals surface area contributed by atoms with Gasteiger partial charge >= 0.3 is 25.8 Å². The predicted molar refractivity (Wildman–Crippen MR) is 244 cm³/mol. The molecule has 0 aliphatic rings. The third-order valence-corrected chi connectivity index (χ3v) is 9.74. The Morgan fingerprint density at radius 1 is 0.444 bits per heavy atom. The predicted octanol–water partition coefficient (Wildman–Crippen LogP) is 16.1. The SMILES string of the molecule is Cc1cc2c(-c3cc(C(C)(C)C)cc(C(C)(C)C)c3)cccc2[cH-]1.Cc1cc2c(-c3cc(C(C)(C)C)cc(C(C)(C)C)c3)cccc2[cH-]1.Cl.Cl.[CH2-]C[CH2-].[Hf+4]. The van der Waals surface area contributed by atoms with Gasteiger partial charge in [-0.15, -0.1) is 93.9 Å². The van der Waals surface area contributed by atoms with E-state index in [1.54, 1.807) is 0 Å². The molecule has 0 aliphatic heterocycles. The maximum absolute atomic E-state index is 3.38. The Morgan fingerprint density at radius 2 is 0.704 bits per heavy atom. The van der Waals surface area contributed by atoms with E-state index in [1.165, 1.54) is 77.2 Å². The van der Waals surface area contributed by atoms with Crippen molar-refractivity contribution >= 4 is 46.4 Å². The number of benzene rings is 4. The van der Waals surface area contributed by atoms with Crippen molar-refractivity contribution < 1.29 is 25.8 Å². The molecule has 0 heterocycles. The van der Waals surface area contributed by atoms with Gasteiger partial charge in [-0.1, -0.05) is 157 Å². The Bertz CT molecular complexity index is 1880. The minimum Gasteiger partial charge on any atom is -0.372 e. The molecule has 0 radical (unpaired) electrons. The van der Waals surface area contributed by atoms with Crippen LogP contribution in [0.5, 0.6) is 0 Å². The van der Waals surface area contributed by atoms with Crippen LogP contribution in [0.25, 0.3) is 43.8 Å². The Labute approximate surface area is 361 Å². The second kappa shape index (κ2) is 19.1. The monoisotopic (exact) mass is 928 g/mol. The van der Waals surface area contributed by atoms with Gasteiger partial charge < -0.3 is 20.3 Å². The molecule has 0 aliphatic carbocycles. The van der Waals surface area contributed by atoms with E-state index in [-0.39, 0.29) is 72.3 Å². The first-order valence-corrected chi connectivity index (χ1v) is 18.8. The van der Waals surface area contributed by atoms with Gasteiger partial charge in [-0.05, 0) is 55.0 Å². The molecule has 0 saturated carbocycles. The largest absolute Gasteiger partial charge is 4.00 e. The Morgan fingerprint density at radius 3 is 0.944 bits per heavy atom. The van der Waals surface area contributed by atoms with Crippen molar-refractivity contribution in [3.8, 4) is 22.3 Å². The van der Waals surface area contributed by atoms with Crippen molar-refractivity contribution in [2.24, 2.45) is 0 Å². The molecular weight excluding hydrogens is 862 g/mol. The molecule has 6 aromatic carbocycles. The number of aryl methyl sites for hydroxylation is 2. The summed E-state index contributed by atoms with van der Waals surface area (Å²) >= 11 is 0. The van der Waals surface area contributed by atoms with Crippen molar-refractivity contribution in [2.75, 3.05) is 0 Å². The molecule has 0 bridgehead atoms. The van der Waals surface area contributed by atoms with Gasteiger partial charge in [0.05, 0.1) is 0 Å². The molecule has 6 aromatic rings. The van der Waals surface area contributed by atoms with Crippen molar-refractivity contribution in [1.29, 1.82) is 0 Å². The maximum atomic E-state index is 3.38. The molecular formula is C51H66Cl2Hf. The summed E-state index contributed by atoms with van der Waals surface area (Å²) in [5.74, 6) is 0. The van der Waals surface area contributed by atoms with Crippen LogP contribution in [0.4, 0.5) is 0 Å². The third kappa shape index (κ3) is 12.3. The first kappa shape index (κ1) is 49.6. The van der Waals surface area contributed by atoms with E-state index in [2.05, 4.69) is 208 Å². The topological polar surface area (TPSA) is 0 Å². The molecule has 0 N–H and O–H groups in total. The van der Waals surface area contributed by atoms with Crippen molar-refractivity contribution in [1.82, 2.24) is 0 Å². The molecule has 0 atom stereocenters. The van der Waals surface area contributed by atoms with Gasteiger partial charge in [-0.3, -0.25) is 0 Å². The summed E-state index contributed by atoms with van der Waals surface area (Å²) in [6.45, 7) is 38.7. The van der Waals surface area contributed by atoms with Crippen LogP contribution < -0.4 is 0 Å². The summed E-state index contributed by atoms with van der Waals surface area (Å²) in [5.41, 5.74) is 14.2. The van der Waals surface area contributed by atoms with E-state index < -0.39 is 0 Å². The minimum atomic E-state index is 0. The molecule has 3 heteroatoms. The van der Waals surface area contributed by atoms with Gasteiger partial charge in [0.15, 0.2) is 0 Å². The van der Waals surface area contributed by atoms with Gasteiger partial charge in [-0.25, -0.2) is 0 Å². The van der Waals surface area contributed by atoms with E-state index in [4.69, 9.17) is 0 Å². The zero-order chi connectivity index (χ0) is 38.1. The summed E-state index contributed by atoms with van der Waals surface area (Å²) < 4.78 is 0. The smallest absolute Gasteiger partial charge is 0.372 e. The molecule has 0 nitrogen and oxygen atoms in total. The zero-order valence-electron chi connectivity index (χ0n) is 35.7. The number of hydrogen-bond acceptors (Lipinski definition) is 0. The second-order valence-corrected chi connectivity index (χ2v) is 18.6. The fraction of sp³-hybridized carbons (Fsp3) is 0.373. The van der Waals surface area contributed by atoms with Crippen molar-refractivity contribution in [3.05, 3.63) is 144 Å². The van der Waals surface area contributed by atoms with Gasteiger partial charge in [0.2, 0.25) is 0 Å². The van der Waals surface area contributed by atoms with E-state index in [1.807, 2.05) is 0 Å². The first-order valence-electron chi connectivity index (χ1n) is 18.8. The molecule has 0 unspecified atom stereocenters. The van der Waals surface area contributed by atoms with E-state index >= 15 is 0 Å². The number of fused-ring (bicyclic) bond motifs is 2. The summed E-state index contributed by atoms with van der Waals surface area (Å²) in [4.78, 5) is 0. The quantitative estimate of drug-likeness (QED) is 0.120. The van der Waals surface area contributed by atoms with Gasteiger partial charge in [0.25, 0.3) is 0 Å². The first-order chi connectivity index (χ1) is 23.5. The molecule has 0 fully saturated rings. The van der Waals surface area contributed by atoms with Crippen LogP contribution in [0.1, 0.15) is 123 Å². The van der Waals surface area contributed by atoms with Crippen LogP contribution in [0, 0.1) is 27.7 Å². The number of hydrogen-bond donors (Lipinski definition) is 0. The minimum absolute atomic E-state index is 0. The van der Waals surface area contributed by atoms with Crippen LogP contribution in [-0.2, 0) is 47.5 Å². The molecule has 288 valence electrons. The molecule has 0 amide bonds. The van der Waals surface area contributed by atoms with Crippen LogP contribution in [0.2, 0.25) is 0 Å². The molecule has 6 rings (SSSR count). The summed E-state index contributed by atoms with van der Waals surface area (Å²) in [7, 11) is 0. The number of halogens is 2. The van der Waals surface area contributed by atoms with E-state index in [0.29, 0.717) is 0 Å². The molecule has 0 saturated heterocycles. The number of rotatable bonds is 2. The van der Waals surface area contributed by atoms with Gasteiger partial charge in [-0.2, -0.15) is 12.1 Å². The fourth-order valence-electron chi connectivity index (χ4n) is 6.57. The van der Waals surface area contributed by atoms with Crippen LogP contribution in [0.15, 0.2) is 97.1 Å². The summed E-state index contributed by atoms with van der Waals surface area (Å²) in [5, 5.41) is 5.40. The second-order valence-electron chi connectivity index (χ2n) is 18.6. The van der Waals surface area contributed by atoms with E-state index in [0.717, 1.165) is 6.42 Å². The summed E-state index contributed by atoms with van der Waals surface area (Å²) in [6.07, 6.45) is 0.750. The average Bonchev–Trinajstić information content (AvgIpc) is 3.60. The Hall–Kier alpha value is -2.45. The van der Waals surface area contributed by atoms with Gasteiger partial charge in [0, 0.05) is 0 Å². The Kier molecular flexibility index (Phi) is 17.6. The van der Waals surface area contributed by atoms with Crippen molar-refractivity contribution in [2.45, 2.75) is 125 Å². The van der Waals surface area contributed by atoms with Crippen LogP contribution >= 0.6 is 24.8 Å². The third-order valence-electron chi connectivity index (χ3n) is 9.74. The van der Waals surface area contributed by atoms with E-state index in [9.17, 15) is 0 Å². The zero-order valence-corrected chi connectivity index (χ0v) is 40.9. The molecule has 54 heavy (non-hydrogen) atoms. The molecule has 0 aromatic heterocycles. The Balaban J connectivity index is 0.000000479. The average molecular weight is 928 g/mol. The van der Waals surface area contributed by atoms with Crippen LogP contribution in [-0.4, -0.2) is 0 Å². The van der Waals surface area contributed by atoms with Gasteiger partial charge in [0.1, 0.15) is 0 Å². The fourth-order valence-corrected chi connectivity index (χ4v) is 6.57. The summed E-state index contributed by atoms with van der Waals surface area (Å²) in [6, 6.07) is 36.8. The standard InChI is InChI=1S/2C24H29.C3H6.2ClH.Hf/c2*1-16-11-17-9-8-10-21(22(17)12-16)18-13-19(23(2,3)4)15-20(14-18)24(5,6)7;1-3-2;;;/h2*8-15H,1-7H3;1-3H2;2*1H;/q2*-1;-2;;;+4. The maximum Gasteiger partial charge on any atom is 4.00 e.